The van der Waals surface area contributed by atoms with Crippen LogP contribution in [0.25, 0.3) is 0 Å². The Labute approximate surface area is 97.7 Å². The molecule has 1 aromatic carbocycles. The zero-order chi connectivity index (χ0) is 11.4. The van der Waals surface area contributed by atoms with E-state index in [1.807, 2.05) is 6.92 Å². The van der Waals surface area contributed by atoms with Crippen LogP contribution in [0.4, 0.5) is 0 Å². The lowest BCUT2D eigenvalue weighted by Crippen LogP contribution is -2.25. The van der Waals surface area contributed by atoms with Gasteiger partial charge < -0.3 is 10.4 Å². The van der Waals surface area contributed by atoms with Crippen molar-refractivity contribution in [2.45, 2.75) is 44.8 Å². The number of aliphatic hydroxyl groups excluding tert-OH is 1. The highest BCUT2D eigenvalue weighted by molar-refractivity contribution is 5.27. The van der Waals surface area contributed by atoms with Gasteiger partial charge in [-0.05, 0) is 36.3 Å². The predicted molar refractivity (Wildman–Crippen MR) is 66.4 cm³/mol. The minimum Gasteiger partial charge on any atom is -0.392 e. The second-order valence-corrected chi connectivity index (χ2v) is 4.71. The van der Waals surface area contributed by atoms with Crippen LogP contribution < -0.4 is 5.32 Å². The third kappa shape index (κ3) is 3.32. The molecular weight excluding hydrogens is 198 g/mol. The summed E-state index contributed by atoms with van der Waals surface area (Å²) in [5.41, 5.74) is 2.78. The zero-order valence-electron chi connectivity index (χ0n) is 9.95. The Balaban J connectivity index is 1.76. The number of hydrogen-bond donors (Lipinski definition) is 2. The van der Waals surface area contributed by atoms with Crippen molar-refractivity contribution in [3.63, 3.8) is 0 Å². The molecule has 16 heavy (non-hydrogen) atoms. The van der Waals surface area contributed by atoms with E-state index in [0.29, 0.717) is 6.54 Å². The molecule has 0 aliphatic heterocycles. The first kappa shape index (κ1) is 11.6. The fourth-order valence-corrected chi connectivity index (χ4v) is 1.85. The zero-order valence-corrected chi connectivity index (χ0v) is 9.95. The Morgan fingerprint density at radius 3 is 2.56 bits per heavy atom. The molecule has 0 spiro atoms. The second-order valence-electron chi connectivity index (χ2n) is 4.71. The molecule has 88 valence electrons. The highest BCUT2D eigenvalue weighted by Gasteiger charge is 2.22. The summed E-state index contributed by atoms with van der Waals surface area (Å²) < 4.78 is 0. The maximum Gasteiger partial charge on any atom is 0.0662 e. The minimum atomic E-state index is -0.217. The lowest BCUT2D eigenvalue weighted by molar-refractivity contribution is 0.167. The third-order valence-corrected chi connectivity index (χ3v) is 3.21. The van der Waals surface area contributed by atoms with Gasteiger partial charge in [-0.15, -0.1) is 0 Å². The van der Waals surface area contributed by atoms with E-state index in [2.05, 4.69) is 29.6 Å². The highest BCUT2D eigenvalue weighted by Crippen LogP contribution is 2.39. The Hall–Kier alpha value is -0.860. The number of benzene rings is 1. The first-order valence-corrected chi connectivity index (χ1v) is 6.27. The average molecular weight is 219 g/mol. The topological polar surface area (TPSA) is 32.3 Å². The standard InChI is InChI=1S/C14H21NO/c1-2-14(16)10-15-9-11-3-5-12(6-4-11)13-7-8-13/h3-6,13-16H,2,7-10H2,1H3. The molecule has 0 aromatic heterocycles. The normalized spacial score (nSPS) is 17.4. The molecule has 0 bridgehead atoms. The molecule has 1 saturated carbocycles. The van der Waals surface area contributed by atoms with Crippen molar-refractivity contribution in [2.75, 3.05) is 6.54 Å². The largest absolute Gasteiger partial charge is 0.392 e. The summed E-state index contributed by atoms with van der Waals surface area (Å²) in [4.78, 5) is 0. The van der Waals surface area contributed by atoms with Crippen molar-refractivity contribution in [3.05, 3.63) is 35.4 Å². The maximum absolute atomic E-state index is 9.40. The fourth-order valence-electron chi connectivity index (χ4n) is 1.85. The molecule has 0 amide bonds. The maximum atomic E-state index is 9.40. The fraction of sp³-hybridized carbons (Fsp3) is 0.571. The van der Waals surface area contributed by atoms with Crippen molar-refractivity contribution < 1.29 is 5.11 Å². The van der Waals surface area contributed by atoms with Crippen LogP contribution in [0, 0.1) is 0 Å². The van der Waals surface area contributed by atoms with Crippen molar-refractivity contribution in [1.82, 2.24) is 5.32 Å². The van der Waals surface area contributed by atoms with Crippen molar-refractivity contribution in [3.8, 4) is 0 Å². The van der Waals surface area contributed by atoms with E-state index >= 15 is 0 Å². The quantitative estimate of drug-likeness (QED) is 0.770. The Bertz CT molecular complexity index is 316. The summed E-state index contributed by atoms with van der Waals surface area (Å²) in [5.74, 6) is 0.837. The van der Waals surface area contributed by atoms with E-state index in [4.69, 9.17) is 0 Å². The monoisotopic (exact) mass is 219 g/mol. The summed E-state index contributed by atoms with van der Waals surface area (Å²) in [5, 5.41) is 12.7. The van der Waals surface area contributed by atoms with Crippen molar-refractivity contribution >= 4 is 0 Å². The van der Waals surface area contributed by atoms with Gasteiger partial charge in [0.05, 0.1) is 6.10 Å². The molecule has 1 aliphatic rings. The van der Waals surface area contributed by atoms with Crippen LogP contribution >= 0.6 is 0 Å². The second kappa shape index (κ2) is 5.46. The van der Waals surface area contributed by atoms with E-state index in [1.54, 1.807) is 0 Å². The lowest BCUT2D eigenvalue weighted by atomic mass is 10.1. The Kier molecular flexibility index (Phi) is 3.97. The van der Waals surface area contributed by atoms with Gasteiger partial charge in [-0.3, -0.25) is 0 Å². The van der Waals surface area contributed by atoms with Crippen LogP contribution in [0.2, 0.25) is 0 Å². The van der Waals surface area contributed by atoms with Gasteiger partial charge in [0.2, 0.25) is 0 Å². The molecule has 2 rings (SSSR count). The van der Waals surface area contributed by atoms with E-state index < -0.39 is 0 Å². The summed E-state index contributed by atoms with van der Waals surface area (Å²) >= 11 is 0. The lowest BCUT2D eigenvalue weighted by Gasteiger charge is -2.09. The Morgan fingerprint density at radius 2 is 2.00 bits per heavy atom. The van der Waals surface area contributed by atoms with Crippen LogP contribution in [-0.4, -0.2) is 17.8 Å². The van der Waals surface area contributed by atoms with E-state index in [9.17, 15) is 5.11 Å². The molecule has 2 N–H and O–H groups in total. The van der Waals surface area contributed by atoms with Gasteiger partial charge in [0.1, 0.15) is 0 Å². The van der Waals surface area contributed by atoms with Gasteiger partial charge in [0.25, 0.3) is 0 Å². The number of rotatable bonds is 6. The first-order chi connectivity index (χ1) is 7.79. The number of hydrogen-bond acceptors (Lipinski definition) is 2. The average Bonchev–Trinajstić information content (AvgIpc) is 3.14. The summed E-state index contributed by atoms with van der Waals surface area (Å²) in [7, 11) is 0. The molecule has 0 radical (unpaired) electrons. The first-order valence-electron chi connectivity index (χ1n) is 6.27. The van der Waals surface area contributed by atoms with Crippen LogP contribution in [0.5, 0.6) is 0 Å². The molecule has 1 fully saturated rings. The van der Waals surface area contributed by atoms with E-state index in [-0.39, 0.29) is 6.10 Å². The van der Waals surface area contributed by atoms with E-state index in [1.165, 1.54) is 24.0 Å². The third-order valence-electron chi connectivity index (χ3n) is 3.21. The molecule has 1 unspecified atom stereocenters. The van der Waals surface area contributed by atoms with Crippen molar-refractivity contribution in [1.29, 1.82) is 0 Å². The minimum absolute atomic E-state index is 0.217. The van der Waals surface area contributed by atoms with Gasteiger partial charge in [-0.1, -0.05) is 31.2 Å². The molecule has 1 aromatic rings. The molecule has 1 aliphatic carbocycles. The van der Waals surface area contributed by atoms with Crippen LogP contribution in [-0.2, 0) is 6.54 Å². The smallest absolute Gasteiger partial charge is 0.0662 e. The molecule has 2 heteroatoms. The molecule has 0 heterocycles. The van der Waals surface area contributed by atoms with Crippen molar-refractivity contribution in [2.24, 2.45) is 0 Å². The summed E-state index contributed by atoms with van der Waals surface area (Å²) in [6.07, 6.45) is 3.32. The molecule has 2 nitrogen and oxygen atoms in total. The Morgan fingerprint density at radius 1 is 1.31 bits per heavy atom. The SMILES string of the molecule is CCC(O)CNCc1ccc(C2CC2)cc1. The van der Waals surface area contributed by atoms with Gasteiger partial charge in [-0.2, -0.15) is 0 Å². The number of aliphatic hydroxyl groups is 1. The van der Waals surface area contributed by atoms with Gasteiger partial charge >= 0.3 is 0 Å². The van der Waals surface area contributed by atoms with Gasteiger partial charge in [0, 0.05) is 13.1 Å². The highest BCUT2D eigenvalue weighted by atomic mass is 16.3. The van der Waals surface area contributed by atoms with E-state index in [0.717, 1.165) is 18.9 Å². The predicted octanol–water partition coefficient (Wildman–Crippen LogP) is 2.42. The summed E-state index contributed by atoms with van der Waals surface area (Å²) in [6.45, 7) is 3.53. The molecule has 0 saturated heterocycles. The number of nitrogens with one attached hydrogen (secondary N) is 1. The summed E-state index contributed by atoms with van der Waals surface area (Å²) in [6, 6.07) is 8.87. The van der Waals surface area contributed by atoms with Gasteiger partial charge in [0.15, 0.2) is 0 Å². The van der Waals surface area contributed by atoms with Crippen LogP contribution in [0.1, 0.15) is 43.2 Å². The van der Waals surface area contributed by atoms with Gasteiger partial charge in [-0.25, -0.2) is 0 Å². The molecule has 1 atom stereocenters. The van der Waals surface area contributed by atoms with Crippen LogP contribution in [0.3, 0.4) is 0 Å². The van der Waals surface area contributed by atoms with Crippen LogP contribution in [0.15, 0.2) is 24.3 Å². The molecular formula is C14H21NO.